The van der Waals surface area contributed by atoms with Crippen LogP contribution in [0.25, 0.3) is 0 Å². The van der Waals surface area contributed by atoms with Gasteiger partial charge >= 0.3 is 0 Å². The third kappa shape index (κ3) is 8.55. The SMILES string of the molecule is CSCC(=O)Nc1c2c(nn1CCc1ccccc1)C[C@H](CCc1cccc(OCCCC(C)(F)F)c1)NC2=O. The van der Waals surface area contributed by atoms with Crippen LogP contribution in [0.4, 0.5) is 14.6 Å². The molecule has 0 radical (unpaired) electrons. The van der Waals surface area contributed by atoms with Crippen molar-refractivity contribution in [3.8, 4) is 5.75 Å². The van der Waals surface area contributed by atoms with Crippen LogP contribution in [0.1, 0.15) is 53.4 Å². The molecule has 2 N–H and O–H groups in total. The lowest BCUT2D eigenvalue weighted by Gasteiger charge is -2.23. The predicted molar refractivity (Wildman–Crippen MR) is 154 cm³/mol. The van der Waals surface area contributed by atoms with Crippen LogP contribution in [0.5, 0.6) is 5.75 Å². The van der Waals surface area contributed by atoms with Crippen molar-refractivity contribution in [1.29, 1.82) is 0 Å². The summed E-state index contributed by atoms with van der Waals surface area (Å²) in [4.78, 5) is 25.7. The number of alkyl halides is 2. The van der Waals surface area contributed by atoms with Crippen molar-refractivity contribution < 1.29 is 23.1 Å². The molecular formula is C30H36F2N4O3S. The third-order valence-corrected chi connectivity index (χ3v) is 7.27. The van der Waals surface area contributed by atoms with Gasteiger partial charge in [0.25, 0.3) is 5.91 Å². The predicted octanol–water partition coefficient (Wildman–Crippen LogP) is 5.53. The first kappa shape index (κ1) is 29.6. The molecule has 1 aliphatic heterocycles. The van der Waals surface area contributed by atoms with Crippen molar-refractivity contribution in [2.45, 2.75) is 64.0 Å². The smallest absolute Gasteiger partial charge is 0.257 e. The number of nitrogens with zero attached hydrogens (tertiary/aromatic N) is 2. The van der Waals surface area contributed by atoms with Crippen molar-refractivity contribution in [1.82, 2.24) is 15.1 Å². The number of nitrogens with one attached hydrogen (secondary N) is 2. The van der Waals surface area contributed by atoms with Crippen LogP contribution in [0, 0.1) is 0 Å². The number of thioether (sulfide) groups is 1. The summed E-state index contributed by atoms with van der Waals surface area (Å²) in [6.45, 7) is 1.68. The van der Waals surface area contributed by atoms with E-state index in [2.05, 4.69) is 10.6 Å². The van der Waals surface area contributed by atoms with Gasteiger partial charge in [-0.25, -0.2) is 13.5 Å². The molecule has 40 heavy (non-hydrogen) atoms. The number of carbonyl (C=O) groups excluding carboxylic acids is 2. The minimum absolute atomic E-state index is 0.108. The Labute approximate surface area is 238 Å². The summed E-state index contributed by atoms with van der Waals surface area (Å²) in [7, 11) is 0. The van der Waals surface area contributed by atoms with E-state index in [9.17, 15) is 18.4 Å². The highest BCUT2D eigenvalue weighted by atomic mass is 32.2. The number of anilines is 1. The maximum absolute atomic E-state index is 13.2. The van der Waals surface area contributed by atoms with Gasteiger partial charge in [-0.15, -0.1) is 0 Å². The van der Waals surface area contributed by atoms with E-state index in [0.717, 1.165) is 24.5 Å². The van der Waals surface area contributed by atoms with Crippen molar-refractivity contribution in [2.24, 2.45) is 0 Å². The molecule has 2 aromatic carbocycles. The van der Waals surface area contributed by atoms with E-state index in [0.29, 0.717) is 48.6 Å². The molecule has 0 spiro atoms. The number of hydrogen-bond acceptors (Lipinski definition) is 5. The van der Waals surface area contributed by atoms with Crippen LogP contribution in [0.3, 0.4) is 0 Å². The Morgan fingerprint density at radius 1 is 1.18 bits per heavy atom. The summed E-state index contributed by atoms with van der Waals surface area (Å²) in [6.07, 6.45) is 4.61. The van der Waals surface area contributed by atoms with E-state index in [-0.39, 0.29) is 43.1 Å². The van der Waals surface area contributed by atoms with Crippen molar-refractivity contribution in [2.75, 3.05) is 23.9 Å². The van der Waals surface area contributed by atoms with Crippen LogP contribution >= 0.6 is 11.8 Å². The topological polar surface area (TPSA) is 85.2 Å². The summed E-state index contributed by atoms with van der Waals surface area (Å²) in [6, 6.07) is 17.5. The zero-order chi connectivity index (χ0) is 28.5. The Kier molecular flexibility index (Phi) is 10.2. The summed E-state index contributed by atoms with van der Waals surface area (Å²) < 4.78 is 33.4. The number of benzene rings is 2. The highest BCUT2D eigenvalue weighted by Gasteiger charge is 2.32. The van der Waals surface area contributed by atoms with Gasteiger partial charge in [-0.05, 0) is 62.1 Å². The van der Waals surface area contributed by atoms with Gasteiger partial charge < -0.3 is 15.4 Å². The quantitative estimate of drug-likeness (QED) is 0.249. The summed E-state index contributed by atoms with van der Waals surface area (Å²) in [5.74, 6) is -1.70. The van der Waals surface area contributed by atoms with Crippen LogP contribution in [-0.4, -0.2) is 52.2 Å². The van der Waals surface area contributed by atoms with E-state index in [1.54, 1.807) is 4.68 Å². The monoisotopic (exact) mass is 570 g/mol. The van der Waals surface area contributed by atoms with Crippen molar-refractivity contribution >= 4 is 29.4 Å². The lowest BCUT2D eigenvalue weighted by Crippen LogP contribution is -2.41. The summed E-state index contributed by atoms with van der Waals surface area (Å²) in [5.41, 5.74) is 3.31. The summed E-state index contributed by atoms with van der Waals surface area (Å²) >= 11 is 1.42. The minimum Gasteiger partial charge on any atom is -0.494 e. The number of aromatic nitrogens is 2. The first-order valence-electron chi connectivity index (χ1n) is 13.5. The molecule has 0 saturated carbocycles. The van der Waals surface area contributed by atoms with E-state index in [4.69, 9.17) is 9.84 Å². The zero-order valence-electron chi connectivity index (χ0n) is 22.9. The normalized spacial score (nSPS) is 14.9. The number of aryl methyl sites for hydroxylation is 3. The molecule has 214 valence electrons. The average Bonchev–Trinajstić information content (AvgIpc) is 3.26. The number of carbonyl (C=O) groups is 2. The Hall–Kier alpha value is -3.40. The van der Waals surface area contributed by atoms with Crippen LogP contribution in [0.15, 0.2) is 54.6 Å². The number of fused-ring (bicyclic) bond motifs is 1. The van der Waals surface area contributed by atoms with Gasteiger partial charge in [-0.1, -0.05) is 42.5 Å². The molecule has 7 nitrogen and oxygen atoms in total. The Balaban J connectivity index is 1.40. The molecule has 0 bridgehead atoms. The highest BCUT2D eigenvalue weighted by molar-refractivity contribution is 7.99. The second-order valence-electron chi connectivity index (χ2n) is 10.2. The Morgan fingerprint density at radius 3 is 2.70 bits per heavy atom. The molecule has 0 saturated heterocycles. The standard InChI is InChI=1S/C30H36F2N4O3S/c1-30(31,32)15-7-17-39-24-11-6-10-22(18-24)12-13-23-19-25-27(29(38)33-23)28(34-26(37)20-40-2)36(35-25)16-14-21-8-4-3-5-9-21/h3-6,8-11,18,23H,7,12-17,19-20H2,1-2H3,(H,33,38)(H,34,37)/t23-/m0/s1. The van der Waals surface area contributed by atoms with E-state index < -0.39 is 5.92 Å². The van der Waals surface area contributed by atoms with Gasteiger partial charge in [-0.3, -0.25) is 9.59 Å². The molecule has 1 aliphatic rings. The minimum atomic E-state index is -2.69. The van der Waals surface area contributed by atoms with Gasteiger partial charge in [0, 0.05) is 25.4 Å². The van der Waals surface area contributed by atoms with E-state index >= 15 is 0 Å². The van der Waals surface area contributed by atoms with Crippen LogP contribution in [0.2, 0.25) is 0 Å². The largest absolute Gasteiger partial charge is 0.494 e. The molecule has 0 unspecified atom stereocenters. The van der Waals surface area contributed by atoms with Gasteiger partial charge in [0.05, 0.1) is 18.1 Å². The van der Waals surface area contributed by atoms with Gasteiger partial charge in [-0.2, -0.15) is 16.9 Å². The summed E-state index contributed by atoms with van der Waals surface area (Å²) in [5, 5.41) is 10.8. The van der Waals surface area contributed by atoms with Gasteiger partial charge in [0.1, 0.15) is 17.1 Å². The van der Waals surface area contributed by atoms with Crippen molar-refractivity contribution in [3.05, 3.63) is 77.0 Å². The van der Waals surface area contributed by atoms with E-state index in [1.165, 1.54) is 11.8 Å². The van der Waals surface area contributed by atoms with Crippen LogP contribution in [-0.2, 0) is 30.6 Å². The highest BCUT2D eigenvalue weighted by Crippen LogP contribution is 2.27. The number of hydrogen-bond donors (Lipinski definition) is 2. The average molecular weight is 571 g/mol. The zero-order valence-corrected chi connectivity index (χ0v) is 23.7. The third-order valence-electron chi connectivity index (χ3n) is 6.72. The van der Waals surface area contributed by atoms with E-state index in [1.807, 2.05) is 60.9 Å². The Bertz CT molecular complexity index is 1290. The lowest BCUT2D eigenvalue weighted by atomic mass is 9.96. The lowest BCUT2D eigenvalue weighted by molar-refractivity contribution is -0.113. The molecule has 10 heteroatoms. The number of ether oxygens (including phenoxy) is 1. The fourth-order valence-corrected chi connectivity index (χ4v) is 5.12. The van der Waals surface area contributed by atoms with Crippen LogP contribution < -0.4 is 15.4 Å². The van der Waals surface area contributed by atoms with Gasteiger partial charge in [0.15, 0.2) is 0 Å². The Morgan fingerprint density at radius 2 is 1.95 bits per heavy atom. The molecule has 1 aromatic heterocycles. The molecular weight excluding hydrogens is 534 g/mol. The molecule has 0 fully saturated rings. The maximum atomic E-state index is 13.2. The fourth-order valence-electron chi connectivity index (χ4n) is 4.78. The molecule has 2 amide bonds. The molecule has 3 aromatic rings. The number of rotatable bonds is 14. The maximum Gasteiger partial charge on any atom is 0.257 e. The molecule has 1 atom stereocenters. The second kappa shape index (κ2) is 13.8. The number of amides is 2. The molecule has 2 heterocycles. The van der Waals surface area contributed by atoms with Gasteiger partial charge in [0.2, 0.25) is 11.8 Å². The fraction of sp³-hybridized carbons (Fsp3) is 0.433. The first-order valence-corrected chi connectivity index (χ1v) is 14.9. The second-order valence-corrected chi connectivity index (χ2v) is 11.1. The first-order chi connectivity index (χ1) is 19.2. The molecule has 4 rings (SSSR count). The van der Waals surface area contributed by atoms with Crippen molar-refractivity contribution in [3.63, 3.8) is 0 Å². The molecule has 0 aliphatic carbocycles. The number of halogens is 2.